The van der Waals surface area contributed by atoms with Gasteiger partial charge in [0.1, 0.15) is 5.75 Å². The predicted octanol–water partition coefficient (Wildman–Crippen LogP) is 2.35. The Balaban J connectivity index is 2.19. The van der Waals surface area contributed by atoms with Crippen molar-refractivity contribution in [3.63, 3.8) is 0 Å². The Morgan fingerprint density at radius 3 is 2.28 bits per heavy atom. The molecule has 0 radical (unpaired) electrons. The minimum absolute atomic E-state index is 0.0467. The summed E-state index contributed by atoms with van der Waals surface area (Å²) >= 11 is 0. The lowest BCUT2D eigenvalue weighted by atomic mass is 10.0. The molecule has 7 nitrogen and oxygen atoms in total. The predicted molar refractivity (Wildman–Crippen MR) is 112 cm³/mol. The molecule has 0 aliphatic carbocycles. The fourth-order valence-electron chi connectivity index (χ4n) is 2.65. The summed E-state index contributed by atoms with van der Waals surface area (Å²) in [6, 6.07) is 14.9. The summed E-state index contributed by atoms with van der Waals surface area (Å²) in [4.78, 5) is 5.69. The first-order valence-corrected chi connectivity index (χ1v) is 11.0. The monoisotopic (exact) mass is 422 g/mol. The SMILES string of the molecule is CCC(C)ON(CC(O)[C@@H](N)Cc1ccccc1)S(=O)(=O)c1ccc(OC)cc1. The first kappa shape index (κ1) is 23.3. The molecule has 2 aromatic carbocycles. The van der Waals surface area contributed by atoms with Gasteiger partial charge in [0.2, 0.25) is 0 Å². The van der Waals surface area contributed by atoms with Gasteiger partial charge in [0.15, 0.2) is 0 Å². The topological polar surface area (TPSA) is 102 Å². The van der Waals surface area contributed by atoms with Crippen LogP contribution in [0.1, 0.15) is 25.8 Å². The molecule has 8 heteroatoms. The number of aliphatic hydroxyl groups excluding tert-OH is 1. The van der Waals surface area contributed by atoms with Crippen LogP contribution in [0.25, 0.3) is 0 Å². The van der Waals surface area contributed by atoms with Crippen LogP contribution in [0.15, 0.2) is 59.5 Å². The number of ether oxygens (including phenoxy) is 1. The summed E-state index contributed by atoms with van der Waals surface area (Å²) in [6.07, 6.45) is -0.421. The molecule has 0 aliphatic rings. The normalized spacial score (nSPS) is 15.1. The van der Waals surface area contributed by atoms with Gasteiger partial charge in [-0.25, -0.2) is 8.42 Å². The van der Waals surface area contributed by atoms with Crippen LogP contribution in [0.4, 0.5) is 0 Å². The first-order chi connectivity index (χ1) is 13.8. The molecule has 0 heterocycles. The van der Waals surface area contributed by atoms with E-state index in [-0.39, 0.29) is 17.5 Å². The van der Waals surface area contributed by atoms with Crippen LogP contribution in [0.5, 0.6) is 5.75 Å². The average molecular weight is 423 g/mol. The van der Waals surface area contributed by atoms with E-state index in [1.54, 1.807) is 19.1 Å². The van der Waals surface area contributed by atoms with E-state index in [1.165, 1.54) is 19.2 Å². The third-order valence-corrected chi connectivity index (χ3v) is 6.28. The third kappa shape index (κ3) is 6.52. The number of nitrogens with two attached hydrogens (primary N) is 1. The highest BCUT2D eigenvalue weighted by Gasteiger charge is 2.31. The number of benzene rings is 2. The molecule has 29 heavy (non-hydrogen) atoms. The number of rotatable bonds is 11. The Bertz CT molecular complexity index is 843. The van der Waals surface area contributed by atoms with Crippen molar-refractivity contribution in [3.05, 3.63) is 60.2 Å². The Kier molecular flexibility index (Phi) is 8.60. The number of methoxy groups -OCH3 is 1. The number of sulfonamides is 1. The van der Waals surface area contributed by atoms with Crippen LogP contribution in [0.2, 0.25) is 0 Å². The van der Waals surface area contributed by atoms with Crippen molar-refractivity contribution in [1.29, 1.82) is 0 Å². The molecule has 0 bridgehead atoms. The lowest BCUT2D eigenvalue weighted by Crippen LogP contribution is -2.47. The smallest absolute Gasteiger partial charge is 0.265 e. The summed E-state index contributed by atoms with van der Waals surface area (Å²) in [5, 5.41) is 10.6. The van der Waals surface area contributed by atoms with Gasteiger partial charge >= 0.3 is 0 Å². The summed E-state index contributed by atoms with van der Waals surface area (Å²) in [5.41, 5.74) is 7.10. The van der Waals surface area contributed by atoms with Crippen molar-refractivity contribution in [3.8, 4) is 5.75 Å². The molecule has 2 aromatic rings. The zero-order valence-electron chi connectivity index (χ0n) is 17.1. The van der Waals surface area contributed by atoms with Crippen LogP contribution in [-0.4, -0.2) is 49.9 Å². The molecule has 0 aromatic heterocycles. The third-order valence-electron chi connectivity index (χ3n) is 4.64. The first-order valence-electron chi connectivity index (χ1n) is 9.59. The fraction of sp³-hybridized carbons (Fsp3) is 0.429. The van der Waals surface area contributed by atoms with E-state index in [0.29, 0.717) is 18.6 Å². The maximum atomic E-state index is 13.1. The number of nitrogens with zero attached hydrogens (tertiary/aromatic N) is 1. The van der Waals surface area contributed by atoms with Gasteiger partial charge in [-0.1, -0.05) is 41.7 Å². The highest BCUT2D eigenvalue weighted by atomic mass is 32.2. The molecule has 0 amide bonds. The van der Waals surface area contributed by atoms with Crippen LogP contribution >= 0.6 is 0 Å². The van der Waals surface area contributed by atoms with Crippen molar-refractivity contribution < 1.29 is 23.1 Å². The standard InChI is InChI=1S/C21H30N2O5S/c1-4-16(2)28-23(29(25,26)19-12-10-18(27-3)11-13-19)15-21(24)20(22)14-17-8-6-5-7-9-17/h5-13,16,20-21,24H,4,14-15,22H2,1-3H3/t16?,20-,21?/m0/s1. The van der Waals surface area contributed by atoms with Gasteiger partial charge in [-0.3, -0.25) is 4.84 Å². The molecule has 3 atom stereocenters. The van der Waals surface area contributed by atoms with E-state index in [4.69, 9.17) is 15.3 Å². The Hall–Kier alpha value is -1.97. The Morgan fingerprint density at radius 2 is 1.72 bits per heavy atom. The molecule has 0 spiro atoms. The van der Waals surface area contributed by atoms with Crippen LogP contribution in [-0.2, 0) is 21.3 Å². The molecular weight excluding hydrogens is 392 g/mol. The second-order valence-corrected chi connectivity index (χ2v) is 8.74. The zero-order valence-corrected chi connectivity index (χ0v) is 17.9. The Labute approximate surface area is 173 Å². The highest BCUT2D eigenvalue weighted by molar-refractivity contribution is 7.89. The number of hydrogen-bond acceptors (Lipinski definition) is 6. The van der Waals surface area contributed by atoms with Gasteiger partial charge in [-0.2, -0.15) is 0 Å². The van der Waals surface area contributed by atoms with Crippen LogP contribution in [0, 0.1) is 0 Å². The van der Waals surface area contributed by atoms with E-state index < -0.39 is 22.2 Å². The molecule has 2 unspecified atom stereocenters. The van der Waals surface area contributed by atoms with Gasteiger partial charge in [0.05, 0.1) is 30.8 Å². The lowest BCUT2D eigenvalue weighted by molar-refractivity contribution is -0.141. The molecule has 0 fully saturated rings. The van der Waals surface area contributed by atoms with Crippen molar-refractivity contribution >= 4 is 10.0 Å². The second-order valence-electron chi connectivity index (χ2n) is 6.91. The molecular formula is C21H30N2O5S. The van der Waals surface area contributed by atoms with Gasteiger partial charge in [-0.05, 0) is 49.6 Å². The number of aliphatic hydroxyl groups is 1. The summed E-state index contributed by atoms with van der Waals surface area (Å²) in [7, 11) is -2.49. The van der Waals surface area contributed by atoms with Crippen molar-refractivity contribution in [1.82, 2.24) is 4.47 Å². The highest BCUT2D eigenvalue weighted by Crippen LogP contribution is 2.22. The second kappa shape index (κ2) is 10.7. The maximum Gasteiger partial charge on any atom is 0.265 e. The van der Waals surface area contributed by atoms with Crippen molar-refractivity contribution in [2.24, 2.45) is 5.73 Å². The van der Waals surface area contributed by atoms with E-state index in [2.05, 4.69) is 0 Å². The van der Waals surface area contributed by atoms with E-state index in [1.807, 2.05) is 37.3 Å². The average Bonchev–Trinajstić information content (AvgIpc) is 2.73. The van der Waals surface area contributed by atoms with Crippen LogP contribution < -0.4 is 10.5 Å². The molecule has 0 saturated heterocycles. The largest absolute Gasteiger partial charge is 0.497 e. The molecule has 0 saturated carbocycles. The molecule has 2 rings (SSSR count). The minimum atomic E-state index is -3.99. The maximum absolute atomic E-state index is 13.1. The Morgan fingerprint density at radius 1 is 1.10 bits per heavy atom. The van der Waals surface area contributed by atoms with Crippen molar-refractivity contribution in [2.75, 3.05) is 13.7 Å². The van der Waals surface area contributed by atoms with Gasteiger partial charge in [0.25, 0.3) is 10.0 Å². The van der Waals surface area contributed by atoms with Gasteiger partial charge in [0, 0.05) is 6.04 Å². The van der Waals surface area contributed by atoms with E-state index in [0.717, 1.165) is 10.0 Å². The van der Waals surface area contributed by atoms with Gasteiger partial charge < -0.3 is 15.6 Å². The lowest BCUT2D eigenvalue weighted by Gasteiger charge is -2.28. The van der Waals surface area contributed by atoms with E-state index in [9.17, 15) is 13.5 Å². The van der Waals surface area contributed by atoms with E-state index >= 15 is 0 Å². The van der Waals surface area contributed by atoms with Crippen LogP contribution in [0.3, 0.4) is 0 Å². The summed E-state index contributed by atoms with van der Waals surface area (Å²) in [6.45, 7) is 3.39. The quantitative estimate of drug-likeness (QED) is 0.539. The summed E-state index contributed by atoms with van der Waals surface area (Å²) in [5.74, 6) is 0.545. The summed E-state index contributed by atoms with van der Waals surface area (Å²) < 4.78 is 32.1. The number of hydroxylamine groups is 1. The van der Waals surface area contributed by atoms with Gasteiger partial charge in [-0.15, -0.1) is 0 Å². The van der Waals surface area contributed by atoms with Crippen molar-refractivity contribution in [2.45, 2.75) is 49.8 Å². The molecule has 0 aliphatic heterocycles. The zero-order chi connectivity index (χ0) is 21.4. The number of hydrogen-bond donors (Lipinski definition) is 2. The minimum Gasteiger partial charge on any atom is -0.497 e. The molecule has 160 valence electrons. The fourth-order valence-corrected chi connectivity index (χ4v) is 3.97. The molecule has 3 N–H and O–H groups in total.